The molecule has 0 atom stereocenters. The van der Waals surface area contributed by atoms with Gasteiger partial charge in [-0.3, -0.25) is 0 Å². The third-order valence-electron chi connectivity index (χ3n) is 3.25. The van der Waals surface area contributed by atoms with E-state index in [1.165, 1.54) is 12.7 Å². The Morgan fingerprint density at radius 1 is 1.24 bits per heavy atom. The second-order valence-corrected chi connectivity index (χ2v) is 6.23. The summed E-state index contributed by atoms with van der Waals surface area (Å²) in [5, 5.41) is 3.44. The highest BCUT2D eigenvalue weighted by Gasteiger charge is 2.10. The molecule has 0 aliphatic carbocycles. The van der Waals surface area contributed by atoms with Crippen molar-refractivity contribution in [1.82, 2.24) is 9.88 Å². The smallest absolute Gasteiger partial charge is 0.170 e. The summed E-state index contributed by atoms with van der Waals surface area (Å²) in [5.41, 5.74) is 1.90. The summed E-state index contributed by atoms with van der Waals surface area (Å²) in [6.07, 6.45) is 4.01. The topological polar surface area (TPSA) is 26.2 Å². The normalized spacial score (nSPS) is 11.7. The van der Waals surface area contributed by atoms with Crippen molar-refractivity contribution in [2.45, 2.75) is 39.4 Å². The first-order chi connectivity index (χ1) is 9.89. The molecule has 2 rings (SSSR count). The third kappa shape index (κ3) is 4.33. The van der Waals surface area contributed by atoms with Crippen molar-refractivity contribution >= 4 is 0 Å². The first kappa shape index (κ1) is 15.6. The fourth-order valence-electron chi connectivity index (χ4n) is 2.09. The molecular formula is C17H23FN2O. The Morgan fingerprint density at radius 2 is 2.00 bits per heavy atom. The molecule has 0 radical (unpaired) electrons. The average Bonchev–Trinajstić information content (AvgIpc) is 2.86. The molecule has 1 heterocycles. The summed E-state index contributed by atoms with van der Waals surface area (Å²) >= 11 is 0. The van der Waals surface area contributed by atoms with Crippen LogP contribution >= 0.6 is 0 Å². The van der Waals surface area contributed by atoms with Crippen LogP contribution in [0.1, 0.15) is 31.9 Å². The van der Waals surface area contributed by atoms with E-state index in [0.717, 1.165) is 6.54 Å². The highest BCUT2D eigenvalue weighted by atomic mass is 19.1. The Bertz CT molecular complexity index is 599. The lowest BCUT2D eigenvalue weighted by molar-refractivity contribution is 0.383. The van der Waals surface area contributed by atoms with Crippen LogP contribution in [0, 0.1) is 5.82 Å². The molecule has 1 N–H and O–H groups in total. The lowest BCUT2D eigenvalue weighted by Gasteiger charge is -2.19. The average molecular weight is 290 g/mol. The zero-order valence-corrected chi connectivity index (χ0v) is 13.1. The molecule has 1 aromatic heterocycles. The number of benzene rings is 1. The summed E-state index contributed by atoms with van der Waals surface area (Å²) in [5.74, 6) is -0.00246. The van der Waals surface area contributed by atoms with E-state index in [1.54, 1.807) is 12.1 Å². The maximum atomic E-state index is 14.1. The van der Waals surface area contributed by atoms with Crippen molar-refractivity contribution < 1.29 is 9.13 Å². The fourth-order valence-corrected chi connectivity index (χ4v) is 2.09. The predicted molar refractivity (Wildman–Crippen MR) is 83.1 cm³/mol. The van der Waals surface area contributed by atoms with Crippen LogP contribution < -0.4 is 10.1 Å². The maximum Gasteiger partial charge on any atom is 0.170 e. The first-order valence-electron chi connectivity index (χ1n) is 7.10. The lowest BCUT2D eigenvalue weighted by atomic mass is 10.1. The van der Waals surface area contributed by atoms with Gasteiger partial charge < -0.3 is 14.6 Å². The standard InChI is InChI=1S/C17H23FN2O/c1-17(2,3)19-10-13-8-9-20(11-13)12-14-6-5-7-15(21-4)16(14)18/h5-9,11,19H,10,12H2,1-4H3. The molecule has 0 amide bonds. The second kappa shape index (κ2) is 6.31. The SMILES string of the molecule is COc1cccc(Cn2ccc(CNC(C)(C)C)c2)c1F. The van der Waals surface area contributed by atoms with Crippen molar-refractivity contribution in [3.8, 4) is 5.75 Å². The number of rotatable bonds is 5. The van der Waals surface area contributed by atoms with E-state index in [2.05, 4.69) is 32.2 Å². The van der Waals surface area contributed by atoms with Gasteiger partial charge in [-0.1, -0.05) is 12.1 Å². The molecule has 0 spiro atoms. The number of halogens is 1. The highest BCUT2D eigenvalue weighted by molar-refractivity contribution is 5.31. The van der Waals surface area contributed by atoms with Gasteiger partial charge in [0.2, 0.25) is 0 Å². The predicted octanol–water partition coefficient (Wildman–Crippen LogP) is 3.57. The molecular weight excluding hydrogens is 267 g/mol. The van der Waals surface area contributed by atoms with Gasteiger partial charge in [0, 0.05) is 30.0 Å². The van der Waals surface area contributed by atoms with Crippen LogP contribution in [0.4, 0.5) is 4.39 Å². The van der Waals surface area contributed by atoms with Gasteiger partial charge in [-0.15, -0.1) is 0 Å². The van der Waals surface area contributed by atoms with Gasteiger partial charge in [0.15, 0.2) is 11.6 Å². The molecule has 0 saturated carbocycles. The minimum atomic E-state index is -0.289. The number of methoxy groups -OCH3 is 1. The number of nitrogens with one attached hydrogen (secondary N) is 1. The van der Waals surface area contributed by atoms with E-state index < -0.39 is 0 Å². The molecule has 0 aliphatic rings. The van der Waals surface area contributed by atoms with Crippen LogP contribution in [0.5, 0.6) is 5.75 Å². The minimum absolute atomic E-state index is 0.0843. The Kier molecular flexibility index (Phi) is 4.68. The minimum Gasteiger partial charge on any atom is -0.494 e. The van der Waals surface area contributed by atoms with Crippen molar-refractivity contribution in [3.63, 3.8) is 0 Å². The molecule has 2 aromatic rings. The Balaban J connectivity index is 2.06. The van der Waals surface area contributed by atoms with Gasteiger partial charge in [0.25, 0.3) is 0 Å². The summed E-state index contributed by atoms with van der Waals surface area (Å²) in [6, 6.07) is 7.28. The zero-order chi connectivity index (χ0) is 15.5. The van der Waals surface area contributed by atoms with Crippen LogP contribution in [-0.2, 0) is 13.1 Å². The molecule has 21 heavy (non-hydrogen) atoms. The Morgan fingerprint density at radius 3 is 2.67 bits per heavy atom. The van der Waals surface area contributed by atoms with Crippen LogP contribution in [0.3, 0.4) is 0 Å². The van der Waals surface area contributed by atoms with Gasteiger partial charge in [0.05, 0.1) is 13.7 Å². The summed E-state index contributed by atoms with van der Waals surface area (Å²) < 4.78 is 21.1. The lowest BCUT2D eigenvalue weighted by Crippen LogP contribution is -2.34. The first-order valence-corrected chi connectivity index (χ1v) is 7.10. The van der Waals surface area contributed by atoms with E-state index in [9.17, 15) is 4.39 Å². The summed E-state index contributed by atoms with van der Waals surface area (Å²) in [6.45, 7) is 7.70. The third-order valence-corrected chi connectivity index (χ3v) is 3.25. The van der Waals surface area contributed by atoms with Crippen LogP contribution in [0.15, 0.2) is 36.7 Å². The van der Waals surface area contributed by atoms with Crippen LogP contribution in [-0.4, -0.2) is 17.2 Å². The molecule has 3 nitrogen and oxygen atoms in total. The summed E-state index contributed by atoms with van der Waals surface area (Å²) in [7, 11) is 1.48. The number of aromatic nitrogens is 1. The maximum absolute atomic E-state index is 14.1. The van der Waals surface area contributed by atoms with E-state index in [1.807, 2.05) is 23.0 Å². The van der Waals surface area contributed by atoms with Gasteiger partial charge in [-0.25, -0.2) is 4.39 Å². The molecule has 0 saturated heterocycles. The van der Waals surface area contributed by atoms with Gasteiger partial charge in [-0.05, 0) is 38.5 Å². The molecule has 0 fully saturated rings. The largest absolute Gasteiger partial charge is 0.494 e. The van der Waals surface area contributed by atoms with Crippen molar-refractivity contribution in [3.05, 3.63) is 53.6 Å². The van der Waals surface area contributed by atoms with Crippen molar-refractivity contribution in [2.75, 3.05) is 7.11 Å². The number of hydrogen-bond donors (Lipinski definition) is 1. The van der Waals surface area contributed by atoms with E-state index >= 15 is 0 Å². The highest BCUT2D eigenvalue weighted by Crippen LogP contribution is 2.21. The second-order valence-electron chi connectivity index (χ2n) is 6.23. The molecule has 0 bridgehead atoms. The van der Waals surface area contributed by atoms with Crippen molar-refractivity contribution in [2.24, 2.45) is 0 Å². The van der Waals surface area contributed by atoms with Crippen LogP contribution in [0.25, 0.3) is 0 Å². The van der Waals surface area contributed by atoms with Crippen molar-refractivity contribution in [1.29, 1.82) is 0 Å². The fraction of sp³-hybridized carbons (Fsp3) is 0.412. The number of hydrogen-bond acceptors (Lipinski definition) is 2. The van der Waals surface area contributed by atoms with E-state index in [0.29, 0.717) is 12.1 Å². The number of ether oxygens (including phenoxy) is 1. The molecule has 114 valence electrons. The molecule has 0 aliphatic heterocycles. The van der Waals surface area contributed by atoms with Crippen LogP contribution in [0.2, 0.25) is 0 Å². The van der Waals surface area contributed by atoms with Gasteiger partial charge in [0.1, 0.15) is 0 Å². The van der Waals surface area contributed by atoms with Gasteiger partial charge >= 0.3 is 0 Å². The van der Waals surface area contributed by atoms with Gasteiger partial charge in [-0.2, -0.15) is 0 Å². The monoisotopic (exact) mass is 290 g/mol. The Hall–Kier alpha value is -1.81. The Labute approximate surface area is 125 Å². The molecule has 0 unspecified atom stereocenters. The quantitative estimate of drug-likeness (QED) is 0.911. The zero-order valence-electron chi connectivity index (χ0n) is 13.1. The van der Waals surface area contributed by atoms with E-state index in [4.69, 9.17) is 4.74 Å². The van der Waals surface area contributed by atoms with E-state index in [-0.39, 0.29) is 17.1 Å². The summed E-state index contributed by atoms with van der Waals surface area (Å²) in [4.78, 5) is 0. The molecule has 1 aromatic carbocycles. The molecule has 4 heteroatoms. The number of nitrogens with zero attached hydrogens (tertiary/aromatic N) is 1.